The molecule has 0 fully saturated rings. The largest absolute Gasteiger partial charge is 0.312 e. The van der Waals surface area contributed by atoms with Gasteiger partial charge in [-0.3, -0.25) is 9.67 Å². The van der Waals surface area contributed by atoms with Gasteiger partial charge in [0.05, 0.1) is 5.69 Å². The molecule has 0 aliphatic carbocycles. The van der Waals surface area contributed by atoms with Gasteiger partial charge in [0.25, 0.3) is 0 Å². The van der Waals surface area contributed by atoms with Gasteiger partial charge in [-0.1, -0.05) is 0 Å². The summed E-state index contributed by atoms with van der Waals surface area (Å²) in [6, 6.07) is 4.02. The second kappa shape index (κ2) is 3.72. The van der Waals surface area contributed by atoms with Gasteiger partial charge in [-0.25, -0.2) is 0 Å². The minimum absolute atomic E-state index is 0.917. The molecule has 2 aromatic heterocycles. The van der Waals surface area contributed by atoms with Crippen LogP contribution in [0.4, 0.5) is 0 Å². The van der Waals surface area contributed by atoms with Crippen LogP contribution < -0.4 is 5.32 Å². The van der Waals surface area contributed by atoms with Crippen LogP contribution in [0.25, 0.3) is 11.3 Å². The maximum atomic E-state index is 4.61. The Morgan fingerprint density at radius 1 is 1.31 bits per heavy atom. The number of rotatable bonds is 1. The molecular weight excluding hydrogens is 200 g/mol. The maximum absolute atomic E-state index is 4.61. The molecule has 0 saturated heterocycles. The Balaban J connectivity index is 2.15. The fourth-order valence-corrected chi connectivity index (χ4v) is 2.26. The predicted octanol–water partition coefficient (Wildman–Crippen LogP) is 1.13. The minimum Gasteiger partial charge on any atom is -0.312 e. The van der Waals surface area contributed by atoms with Crippen molar-refractivity contribution in [2.24, 2.45) is 7.05 Å². The summed E-state index contributed by atoms with van der Waals surface area (Å²) in [6.07, 6.45) is 4.68. The molecule has 0 saturated carbocycles. The van der Waals surface area contributed by atoms with Crippen molar-refractivity contribution < 1.29 is 0 Å². The summed E-state index contributed by atoms with van der Waals surface area (Å²) >= 11 is 0. The van der Waals surface area contributed by atoms with Crippen LogP contribution in [0.5, 0.6) is 0 Å². The first kappa shape index (κ1) is 9.54. The van der Waals surface area contributed by atoms with Gasteiger partial charge in [0.15, 0.2) is 0 Å². The topological polar surface area (TPSA) is 42.7 Å². The van der Waals surface area contributed by atoms with Crippen LogP contribution in [0.2, 0.25) is 0 Å². The van der Waals surface area contributed by atoms with Crippen molar-refractivity contribution in [3.05, 3.63) is 35.8 Å². The van der Waals surface area contributed by atoms with Gasteiger partial charge in [-0.15, -0.1) is 0 Å². The summed E-state index contributed by atoms with van der Waals surface area (Å²) in [7, 11) is 2.02. The summed E-state index contributed by atoms with van der Waals surface area (Å²) in [5, 5.41) is 8.01. The molecule has 0 spiro atoms. The van der Waals surface area contributed by atoms with Gasteiger partial charge < -0.3 is 5.32 Å². The van der Waals surface area contributed by atoms with Crippen LogP contribution in [-0.4, -0.2) is 21.3 Å². The van der Waals surface area contributed by atoms with Crippen molar-refractivity contribution in [1.29, 1.82) is 0 Å². The predicted molar refractivity (Wildman–Crippen MR) is 61.8 cm³/mol. The van der Waals surface area contributed by atoms with Gasteiger partial charge in [0.2, 0.25) is 0 Å². The molecule has 1 N–H and O–H groups in total. The van der Waals surface area contributed by atoms with Gasteiger partial charge in [-0.05, 0) is 12.1 Å². The van der Waals surface area contributed by atoms with Crippen molar-refractivity contribution in [3.63, 3.8) is 0 Å². The first-order valence-electron chi connectivity index (χ1n) is 5.52. The zero-order valence-corrected chi connectivity index (χ0v) is 9.27. The van der Waals surface area contributed by atoms with Gasteiger partial charge in [-0.2, -0.15) is 5.10 Å². The fraction of sp³-hybridized carbons (Fsp3) is 0.333. The van der Waals surface area contributed by atoms with Crippen LogP contribution in [0, 0.1) is 0 Å². The van der Waals surface area contributed by atoms with Crippen molar-refractivity contribution in [1.82, 2.24) is 20.1 Å². The number of hydrogen-bond acceptors (Lipinski definition) is 3. The lowest BCUT2D eigenvalue weighted by Gasteiger charge is -2.14. The number of nitrogens with zero attached hydrogens (tertiary/aromatic N) is 3. The van der Waals surface area contributed by atoms with E-state index in [0.717, 1.165) is 30.8 Å². The highest BCUT2D eigenvalue weighted by atomic mass is 15.3. The number of nitrogens with one attached hydrogen (secondary N) is 1. The summed E-state index contributed by atoms with van der Waals surface area (Å²) in [4.78, 5) is 4.04. The quantitative estimate of drug-likeness (QED) is 0.773. The fourth-order valence-electron chi connectivity index (χ4n) is 2.26. The third-order valence-electron chi connectivity index (χ3n) is 3.07. The Kier molecular flexibility index (Phi) is 2.22. The molecule has 0 amide bonds. The third-order valence-corrected chi connectivity index (χ3v) is 3.07. The molecule has 3 heterocycles. The van der Waals surface area contributed by atoms with Gasteiger partial charge in [0.1, 0.15) is 0 Å². The van der Waals surface area contributed by atoms with Crippen molar-refractivity contribution in [2.75, 3.05) is 6.54 Å². The molecule has 2 aromatic rings. The molecular formula is C12H14N4. The second-order valence-corrected chi connectivity index (χ2v) is 4.06. The molecule has 4 heteroatoms. The SMILES string of the molecule is Cn1nc(-c2ccncc2)c2c1CCNC2. The number of fused-ring (bicyclic) bond motifs is 1. The van der Waals surface area contributed by atoms with Crippen LogP contribution in [0.1, 0.15) is 11.3 Å². The third kappa shape index (κ3) is 1.42. The summed E-state index contributed by atoms with van der Waals surface area (Å²) in [5.74, 6) is 0. The van der Waals surface area contributed by atoms with Crippen LogP contribution >= 0.6 is 0 Å². The van der Waals surface area contributed by atoms with Crippen molar-refractivity contribution in [2.45, 2.75) is 13.0 Å². The Labute approximate surface area is 94.3 Å². The average molecular weight is 214 g/mol. The lowest BCUT2D eigenvalue weighted by atomic mass is 10.0. The number of hydrogen-bond donors (Lipinski definition) is 1. The Bertz CT molecular complexity index is 501. The first-order chi connectivity index (χ1) is 7.86. The standard InChI is InChI=1S/C12H14N4/c1-16-11-4-7-14-8-10(11)12(15-16)9-2-5-13-6-3-9/h2-3,5-6,14H,4,7-8H2,1H3. The highest BCUT2D eigenvalue weighted by Gasteiger charge is 2.19. The number of aryl methyl sites for hydroxylation is 1. The molecule has 1 aliphatic heterocycles. The van der Waals surface area contributed by atoms with E-state index in [9.17, 15) is 0 Å². The first-order valence-corrected chi connectivity index (χ1v) is 5.52. The lowest BCUT2D eigenvalue weighted by molar-refractivity contribution is 0.604. The van der Waals surface area contributed by atoms with Gasteiger partial charge in [0, 0.05) is 55.8 Å². The zero-order valence-electron chi connectivity index (χ0n) is 9.27. The van der Waals surface area contributed by atoms with Crippen molar-refractivity contribution >= 4 is 0 Å². The molecule has 0 radical (unpaired) electrons. The maximum Gasteiger partial charge on any atom is 0.0972 e. The highest BCUT2D eigenvalue weighted by molar-refractivity contribution is 5.63. The number of pyridine rings is 1. The molecule has 82 valence electrons. The van der Waals surface area contributed by atoms with Gasteiger partial charge >= 0.3 is 0 Å². The van der Waals surface area contributed by atoms with Crippen LogP contribution in [-0.2, 0) is 20.0 Å². The van der Waals surface area contributed by atoms with E-state index >= 15 is 0 Å². The summed E-state index contributed by atoms with van der Waals surface area (Å²) < 4.78 is 2.01. The second-order valence-electron chi connectivity index (χ2n) is 4.06. The van der Waals surface area contributed by atoms with E-state index in [1.54, 1.807) is 0 Å². The van der Waals surface area contributed by atoms with Crippen LogP contribution in [0.15, 0.2) is 24.5 Å². The smallest absolute Gasteiger partial charge is 0.0972 e. The van der Waals surface area contributed by atoms with E-state index in [0.29, 0.717) is 0 Å². The van der Waals surface area contributed by atoms with E-state index in [4.69, 9.17) is 0 Å². The molecule has 16 heavy (non-hydrogen) atoms. The molecule has 0 atom stereocenters. The monoisotopic (exact) mass is 214 g/mol. The molecule has 0 aromatic carbocycles. The van der Waals surface area contributed by atoms with E-state index in [-0.39, 0.29) is 0 Å². The Morgan fingerprint density at radius 2 is 2.12 bits per heavy atom. The van der Waals surface area contributed by atoms with E-state index < -0.39 is 0 Å². The molecule has 0 unspecified atom stereocenters. The molecule has 3 rings (SSSR count). The Morgan fingerprint density at radius 3 is 2.94 bits per heavy atom. The zero-order chi connectivity index (χ0) is 11.0. The minimum atomic E-state index is 0.917. The molecule has 1 aliphatic rings. The lowest BCUT2D eigenvalue weighted by Crippen LogP contribution is -2.24. The summed E-state index contributed by atoms with van der Waals surface area (Å²) in [6.45, 7) is 1.96. The summed E-state index contributed by atoms with van der Waals surface area (Å²) in [5.41, 5.74) is 4.92. The molecule has 4 nitrogen and oxygen atoms in total. The number of aromatic nitrogens is 3. The molecule has 0 bridgehead atoms. The average Bonchev–Trinajstić information content (AvgIpc) is 2.69. The van der Waals surface area contributed by atoms with E-state index in [1.165, 1.54) is 11.3 Å². The van der Waals surface area contributed by atoms with Crippen molar-refractivity contribution in [3.8, 4) is 11.3 Å². The highest BCUT2D eigenvalue weighted by Crippen LogP contribution is 2.26. The van der Waals surface area contributed by atoms with E-state index in [1.807, 2.05) is 36.3 Å². The normalized spacial score (nSPS) is 14.8. The Hall–Kier alpha value is -1.68. The van der Waals surface area contributed by atoms with Crippen LogP contribution in [0.3, 0.4) is 0 Å². The van der Waals surface area contributed by atoms with E-state index in [2.05, 4.69) is 15.4 Å².